The predicted molar refractivity (Wildman–Crippen MR) is 346 cm³/mol. The van der Waals surface area contributed by atoms with Crippen molar-refractivity contribution in [2.45, 2.75) is 311 Å². The number of allylic oxidation sites excluding steroid dienone is 16. The number of amides is 1. The van der Waals surface area contributed by atoms with Crippen LogP contribution >= 0.6 is 0 Å². The van der Waals surface area contributed by atoms with Gasteiger partial charge in [-0.2, -0.15) is 0 Å². The van der Waals surface area contributed by atoms with Gasteiger partial charge in [0.15, 0.2) is 18.9 Å². The number of ether oxygens (including phenoxy) is 6. The fourth-order valence-corrected chi connectivity index (χ4v) is 10.9. The minimum Gasteiger partial charge on any atom is -0.394 e. The van der Waals surface area contributed by atoms with Crippen molar-refractivity contribution in [1.29, 1.82) is 0 Å². The van der Waals surface area contributed by atoms with Gasteiger partial charge in [-0.25, -0.2) is 0 Å². The van der Waals surface area contributed by atoms with Crippen LogP contribution in [-0.4, -0.2) is 193 Å². The maximum Gasteiger partial charge on any atom is 0.220 e. The summed E-state index contributed by atoms with van der Waals surface area (Å²) in [5.74, 6) is -0.254. The number of nitrogens with one attached hydrogen (secondary N) is 1. The van der Waals surface area contributed by atoms with Crippen LogP contribution in [0.3, 0.4) is 0 Å². The Morgan fingerprint density at radius 3 is 1.21 bits per heavy atom. The maximum atomic E-state index is 13.3. The molecular formula is C70H119NO18. The molecule has 3 heterocycles. The highest BCUT2D eigenvalue weighted by molar-refractivity contribution is 5.76. The van der Waals surface area contributed by atoms with Gasteiger partial charge in [-0.05, 0) is 77.0 Å². The van der Waals surface area contributed by atoms with E-state index in [0.717, 1.165) is 116 Å². The summed E-state index contributed by atoms with van der Waals surface area (Å²) in [6.07, 6.45) is 39.8. The molecule has 19 heteroatoms. The van der Waals surface area contributed by atoms with Gasteiger partial charge in [0, 0.05) is 6.42 Å². The normalized spacial score (nSPS) is 28.8. The van der Waals surface area contributed by atoms with Gasteiger partial charge >= 0.3 is 0 Å². The third-order valence-corrected chi connectivity index (χ3v) is 16.4. The molecule has 17 atom stereocenters. The standard InChI is InChI=1S/C70H119NO18/c1-3-5-7-9-11-12-13-14-15-16-17-18-19-20-21-22-23-24-25-26-27-28-29-30-31-32-33-34-35-36-37-38-39-40-42-44-46-48-58(76)71-53(54(75)47-45-43-41-10-8-6-4-2)52-84-68-64(82)61(79)66(56(50-73)86-68)89-70-65(83)62(80)67(57(51-74)87-70)88-69-63(81)60(78)59(77)55(49-72)85-69/h5,7,11-12,14-15,17-18,20-21,23-24,26-27,29-30,53-57,59-70,72-75,77-83H,3-4,6,8-10,13,16,19,22,25,28,31-52H2,1-2H3,(H,71,76)/b7-5-,12-11-,15-14-,18-17-,21-20-,24-23-,27-26-,30-29-. The molecule has 3 saturated heterocycles. The van der Waals surface area contributed by atoms with Crippen LogP contribution in [-0.2, 0) is 33.2 Å². The smallest absolute Gasteiger partial charge is 0.220 e. The van der Waals surface area contributed by atoms with Gasteiger partial charge in [0.25, 0.3) is 0 Å². The molecule has 0 aromatic heterocycles. The predicted octanol–water partition coefficient (Wildman–Crippen LogP) is 8.49. The topological polar surface area (TPSA) is 307 Å². The van der Waals surface area contributed by atoms with E-state index in [2.05, 4.69) is 116 Å². The van der Waals surface area contributed by atoms with Crippen molar-refractivity contribution in [3.8, 4) is 0 Å². The van der Waals surface area contributed by atoms with E-state index in [9.17, 15) is 61.0 Å². The van der Waals surface area contributed by atoms with E-state index in [1.807, 2.05) is 0 Å². The SMILES string of the molecule is CC/C=C\C/C=C\C/C=C\C/C=C\C/C=C\C/C=C\C/C=C\C/C=C\CCCCCCCCCCCCCCC(=O)NC(COC1OC(CO)C(OC2OC(CO)C(OC3OC(CO)C(O)C(O)C3O)C(O)C2O)C(O)C1O)C(O)CCCCCCCCC. The first-order chi connectivity index (χ1) is 43.3. The van der Waals surface area contributed by atoms with Crippen molar-refractivity contribution in [2.24, 2.45) is 0 Å². The average molecular weight is 1260 g/mol. The minimum absolute atomic E-state index is 0.254. The van der Waals surface area contributed by atoms with Crippen LogP contribution in [0.4, 0.5) is 0 Å². The van der Waals surface area contributed by atoms with Crippen LogP contribution < -0.4 is 5.32 Å². The number of hydrogen-bond donors (Lipinski definition) is 12. The minimum atomic E-state index is -1.97. The molecule has 0 spiro atoms. The second kappa shape index (κ2) is 51.2. The molecule has 0 aliphatic carbocycles. The first-order valence-electron chi connectivity index (χ1n) is 34.0. The summed E-state index contributed by atoms with van der Waals surface area (Å²) in [6, 6.07) is -0.890. The number of unbranched alkanes of at least 4 members (excludes halogenated alkanes) is 18. The van der Waals surface area contributed by atoms with Crippen molar-refractivity contribution >= 4 is 5.91 Å². The van der Waals surface area contributed by atoms with Gasteiger partial charge in [0.05, 0.1) is 38.6 Å². The van der Waals surface area contributed by atoms with Gasteiger partial charge in [0.1, 0.15) is 73.2 Å². The van der Waals surface area contributed by atoms with E-state index in [-0.39, 0.29) is 18.9 Å². The van der Waals surface area contributed by atoms with Crippen LogP contribution in [0.5, 0.6) is 0 Å². The lowest BCUT2D eigenvalue weighted by atomic mass is 9.96. The summed E-state index contributed by atoms with van der Waals surface area (Å²) in [7, 11) is 0. The Hall–Kier alpha value is -3.29. The Bertz CT molecular complexity index is 1990. The van der Waals surface area contributed by atoms with E-state index < -0.39 is 124 Å². The van der Waals surface area contributed by atoms with Gasteiger partial charge < -0.3 is 89.9 Å². The molecule has 3 rings (SSSR count). The van der Waals surface area contributed by atoms with E-state index in [4.69, 9.17) is 28.4 Å². The highest BCUT2D eigenvalue weighted by Crippen LogP contribution is 2.33. The molecule has 1 amide bonds. The Kier molecular flexibility index (Phi) is 46.0. The molecule has 3 fully saturated rings. The lowest BCUT2D eigenvalue weighted by Gasteiger charge is -2.48. The largest absolute Gasteiger partial charge is 0.394 e. The monoisotopic (exact) mass is 1260 g/mol. The van der Waals surface area contributed by atoms with Crippen molar-refractivity contribution in [3.05, 3.63) is 97.2 Å². The molecule has 0 radical (unpaired) electrons. The summed E-state index contributed by atoms with van der Waals surface area (Å²) in [4.78, 5) is 13.3. The van der Waals surface area contributed by atoms with E-state index in [1.54, 1.807) is 0 Å². The number of aliphatic hydroxyl groups is 11. The molecule has 3 aliphatic heterocycles. The highest BCUT2D eigenvalue weighted by Gasteiger charge is 2.53. The first kappa shape index (κ1) is 79.9. The van der Waals surface area contributed by atoms with Crippen LogP contribution in [0.1, 0.15) is 206 Å². The maximum absolute atomic E-state index is 13.3. The quantitative estimate of drug-likeness (QED) is 0.0201. The fourth-order valence-electron chi connectivity index (χ4n) is 10.9. The lowest BCUT2D eigenvalue weighted by Crippen LogP contribution is -2.66. The van der Waals surface area contributed by atoms with Crippen LogP contribution in [0.15, 0.2) is 97.2 Å². The summed E-state index contributed by atoms with van der Waals surface area (Å²) >= 11 is 0. The Morgan fingerprint density at radius 2 is 0.775 bits per heavy atom. The second-order valence-electron chi connectivity index (χ2n) is 23.9. The number of rotatable bonds is 50. The Morgan fingerprint density at radius 1 is 0.416 bits per heavy atom. The summed E-state index contributed by atoms with van der Waals surface area (Å²) in [5.41, 5.74) is 0. The second-order valence-corrected chi connectivity index (χ2v) is 23.9. The molecule has 3 aliphatic rings. The van der Waals surface area contributed by atoms with Crippen molar-refractivity contribution in [2.75, 3.05) is 26.4 Å². The highest BCUT2D eigenvalue weighted by atomic mass is 16.8. The van der Waals surface area contributed by atoms with Crippen molar-refractivity contribution < 1.29 is 89.4 Å². The van der Waals surface area contributed by atoms with Crippen LogP contribution in [0, 0.1) is 0 Å². The van der Waals surface area contributed by atoms with E-state index >= 15 is 0 Å². The molecule has 12 N–H and O–H groups in total. The number of carbonyl (C=O) groups is 1. The summed E-state index contributed by atoms with van der Waals surface area (Å²) < 4.78 is 34.2. The zero-order valence-electron chi connectivity index (χ0n) is 53.9. The Balaban J connectivity index is 1.29. The summed E-state index contributed by atoms with van der Waals surface area (Å²) in [6.45, 7) is 1.59. The summed E-state index contributed by atoms with van der Waals surface area (Å²) in [5, 5.41) is 120. The van der Waals surface area contributed by atoms with Gasteiger partial charge in [-0.15, -0.1) is 0 Å². The van der Waals surface area contributed by atoms with Crippen LogP contribution in [0.2, 0.25) is 0 Å². The van der Waals surface area contributed by atoms with Gasteiger partial charge in [-0.1, -0.05) is 220 Å². The molecule has 512 valence electrons. The molecule has 0 saturated carbocycles. The van der Waals surface area contributed by atoms with Crippen molar-refractivity contribution in [1.82, 2.24) is 5.32 Å². The molecular weight excluding hydrogens is 1140 g/mol. The molecule has 0 bridgehead atoms. The zero-order valence-corrected chi connectivity index (χ0v) is 53.9. The van der Waals surface area contributed by atoms with Crippen molar-refractivity contribution in [3.63, 3.8) is 0 Å². The molecule has 17 unspecified atom stereocenters. The third-order valence-electron chi connectivity index (χ3n) is 16.4. The molecule has 19 nitrogen and oxygen atoms in total. The van der Waals surface area contributed by atoms with Gasteiger partial charge in [-0.3, -0.25) is 4.79 Å². The van der Waals surface area contributed by atoms with E-state index in [0.29, 0.717) is 12.8 Å². The number of aliphatic hydroxyl groups excluding tert-OH is 11. The zero-order chi connectivity index (χ0) is 64.7. The van der Waals surface area contributed by atoms with Crippen LogP contribution in [0.25, 0.3) is 0 Å². The fraction of sp³-hybridized carbons (Fsp3) is 0.757. The first-order valence-corrected chi connectivity index (χ1v) is 34.0. The number of carbonyl (C=O) groups excluding carboxylic acids is 1. The molecule has 0 aromatic rings. The van der Waals surface area contributed by atoms with E-state index in [1.165, 1.54) is 57.8 Å². The lowest BCUT2D eigenvalue weighted by molar-refractivity contribution is -0.379. The van der Waals surface area contributed by atoms with Gasteiger partial charge in [0.2, 0.25) is 5.91 Å². The third kappa shape index (κ3) is 33.4. The Labute approximate surface area is 533 Å². The molecule has 89 heavy (non-hydrogen) atoms. The molecule has 0 aromatic carbocycles. The number of hydrogen-bond acceptors (Lipinski definition) is 18. The average Bonchev–Trinajstić information content (AvgIpc) is 2.14.